The number of aromatic nitrogens is 1. The van der Waals surface area contributed by atoms with Gasteiger partial charge in [-0.05, 0) is 13.0 Å². The number of aromatic amines is 1. The lowest BCUT2D eigenvalue weighted by Gasteiger charge is -2.08. The predicted molar refractivity (Wildman–Crippen MR) is 49.9 cm³/mol. The highest BCUT2D eigenvalue weighted by atomic mass is 32.2. The van der Waals surface area contributed by atoms with Gasteiger partial charge in [-0.25, -0.2) is 8.42 Å². The molecule has 0 saturated heterocycles. The van der Waals surface area contributed by atoms with Gasteiger partial charge in [-0.2, -0.15) is 18.2 Å². The van der Waals surface area contributed by atoms with Gasteiger partial charge in [0.05, 0.1) is 12.7 Å². The number of halogens is 3. The quantitative estimate of drug-likeness (QED) is 0.593. The molecule has 0 aromatic carbocycles. The van der Waals surface area contributed by atoms with Gasteiger partial charge in [-0.3, -0.25) is 0 Å². The Balaban J connectivity index is 0.000000304. The van der Waals surface area contributed by atoms with Crippen molar-refractivity contribution < 1.29 is 35.9 Å². The Morgan fingerprint density at radius 1 is 1.41 bits per heavy atom. The fourth-order valence-corrected chi connectivity index (χ4v) is 0.622. The Bertz CT molecular complexity index is 418. The monoisotopic (exact) mass is 273 g/mol. The zero-order valence-corrected chi connectivity index (χ0v) is 9.51. The standard InChI is InChI=1S/C7H9NO.CHF3O3S/c1-2-9-7-5-3-4-6-8-7;2-1(3,4)8(5,6)7/h3-6H,2H2,1H3;(H,5,6,7). The minimum Gasteiger partial charge on any atom is -0.741 e. The summed E-state index contributed by atoms with van der Waals surface area (Å²) in [5.74, 6) is 0.819. The van der Waals surface area contributed by atoms with Crippen LogP contribution in [0.15, 0.2) is 24.4 Å². The molecule has 0 unspecified atom stereocenters. The minimum absolute atomic E-state index is 0.709. The van der Waals surface area contributed by atoms with Crippen LogP contribution in [0, 0.1) is 0 Å². The summed E-state index contributed by atoms with van der Waals surface area (Å²) in [6.07, 6.45) is 1.84. The average molecular weight is 273 g/mol. The SMILES string of the molecule is CCOc1cccc[nH+]1.O=S(=O)([O-])C(F)(F)F. The van der Waals surface area contributed by atoms with Crippen molar-refractivity contribution >= 4 is 10.1 Å². The van der Waals surface area contributed by atoms with Crippen LogP contribution in [0.3, 0.4) is 0 Å². The molecular formula is C8H10F3NO4S. The van der Waals surface area contributed by atoms with Crippen LogP contribution in [0.2, 0.25) is 0 Å². The van der Waals surface area contributed by atoms with Crippen LogP contribution in [-0.4, -0.2) is 25.1 Å². The molecule has 0 atom stereocenters. The number of alkyl halides is 3. The second-order valence-electron chi connectivity index (χ2n) is 2.56. The van der Waals surface area contributed by atoms with Crippen molar-refractivity contribution in [3.05, 3.63) is 24.4 Å². The minimum atomic E-state index is -6.09. The number of hydrogen-bond donors (Lipinski definition) is 0. The van der Waals surface area contributed by atoms with Gasteiger partial charge < -0.3 is 9.29 Å². The average Bonchev–Trinajstić information content (AvgIpc) is 2.17. The second-order valence-corrected chi connectivity index (χ2v) is 3.93. The largest absolute Gasteiger partial charge is 0.741 e. The third-order valence-electron chi connectivity index (χ3n) is 1.26. The van der Waals surface area contributed by atoms with Crippen molar-refractivity contribution in [2.45, 2.75) is 12.4 Å². The Kier molecular flexibility index (Phi) is 5.89. The molecule has 0 bridgehead atoms. The van der Waals surface area contributed by atoms with Gasteiger partial charge in [0.15, 0.2) is 16.3 Å². The van der Waals surface area contributed by atoms with E-state index >= 15 is 0 Å². The lowest BCUT2D eigenvalue weighted by molar-refractivity contribution is -0.394. The second kappa shape index (κ2) is 6.40. The molecule has 0 aliphatic carbocycles. The summed E-state index contributed by atoms with van der Waals surface area (Å²) in [5, 5.41) is 0. The molecule has 0 amide bonds. The Labute approximate surface area is 96.0 Å². The van der Waals surface area contributed by atoms with E-state index in [1.165, 1.54) is 0 Å². The Morgan fingerprint density at radius 2 is 1.94 bits per heavy atom. The number of hydrogen-bond acceptors (Lipinski definition) is 4. The molecular weight excluding hydrogens is 263 g/mol. The molecule has 0 saturated carbocycles. The number of ether oxygens (including phenoxy) is 1. The summed E-state index contributed by atoms with van der Waals surface area (Å²) in [4.78, 5) is 2.95. The van der Waals surface area contributed by atoms with Gasteiger partial charge in [0.25, 0.3) is 0 Å². The number of H-pyrrole nitrogens is 1. The van der Waals surface area contributed by atoms with E-state index in [0.717, 1.165) is 5.88 Å². The molecule has 0 aliphatic rings. The maximum atomic E-state index is 10.7. The van der Waals surface area contributed by atoms with Gasteiger partial charge in [-0.1, -0.05) is 0 Å². The molecule has 1 aromatic heterocycles. The zero-order chi connectivity index (χ0) is 13.5. The van der Waals surface area contributed by atoms with Gasteiger partial charge in [0.1, 0.15) is 0 Å². The van der Waals surface area contributed by atoms with Gasteiger partial charge in [0, 0.05) is 6.07 Å². The van der Waals surface area contributed by atoms with E-state index in [0.29, 0.717) is 6.61 Å². The molecule has 98 valence electrons. The normalized spacial score (nSPS) is 11.4. The first kappa shape index (κ1) is 15.7. The van der Waals surface area contributed by atoms with Crippen molar-refractivity contribution in [2.75, 3.05) is 6.61 Å². The molecule has 0 spiro atoms. The molecule has 17 heavy (non-hydrogen) atoms. The predicted octanol–water partition coefficient (Wildman–Crippen LogP) is 0.951. The van der Waals surface area contributed by atoms with Gasteiger partial charge in [-0.15, -0.1) is 0 Å². The molecule has 5 nitrogen and oxygen atoms in total. The van der Waals surface area contributed by atoms with E-state index in [4.69, 9.17) is 17.7 Å². The lowest BCUT2D eigenvalue weighted by atomic mass is 10.5. The fraction of sp³-hybridized carbons (Fsp3) is 0.375. The molecule has 1 aromatic rings. The van der Waals surface area contributed by atoms with E-state index in [9.17, 15) is 13.2 Å². The van der Waals surface area contributed by atoms with Gasteiger partial charge >= 0.3 is 11.4 Å². The number of rotatable bonds is 2. The molecule has 0 fully saturated rings. The van der Waals surface area contributed by atoms with E-state index in [-0.39, 0.29) is 0 Å². The van der Waals surface area contributed by atoms with Crippen LogP contribution >= 0.6 is 0 Å². The molecule has 1 rings (SSSR count). The van der Waals surface area contributed by atoms with Crippen LogP contribution in [0.5, 0.6) is 5.88 Å². The van der Waals surface area contributed by atoms with Crippen molar-refractivity contribution in [2.24, 2.45) is 0 Å². The van der Waals surface area contributed by atoms with Crippen LogP contribution in [0.4, 0.5) is 13.2 Å². The van der Waals surface area contributed by atoms with Crippen LogP contribution < -0.4 is 9.72 Å². The first-order valence-electron chi connectivity index (χ1n) is 4.30. The Hall–Kier alpha value is -1.35. The summed E-state index contributed by atoms with van der Waals surface area (Å²) in [7, 11) is -6.09. The molecule has 9 heteroatoms. The highest BCUT2D eigenvalue weighted by Crippen LogP contribution is 2.20. The van der Waals surface area contributed by atoms with Crippen molar-refractivity contribution in [1.82, 2.24) is 0 Å². The molecule has 1 N–H and O–H groups in total. The summed E-state index contributed by atoms with van der Waals surface area (Å²) < 4.78 is 64.1. The topological polar surface area (TPSA) is 80.6 Å². The van der Waals surface area contributed by atoms with Crippen molar-refractivity contribution in [3.63, 3.8) is 0 Å². The zero-order valence-electron chi connectivity index (χ0n) is 8.69. The summed E-state index contributed by atoms with van der Waals surface area (Å²) >= 11 is 0. The Morgan fingerprint density at radius 3 is 2.24 bits per heavy atom. The van der Waals surface area contributed by atoms with E-state index in [1.54, 1.807) is 0 Å². The molecule has 0 radical (unpaired) electrons. The molecule has 1 heterocycles. The van der Waals surface area contributed by atoms with Crippen molar-refractivity contribution in [3.8, 4) is 5.88 Å². The smallest absolute Gasteiger partial charge is 0.485 e. The third-order valence-corrected chi connectivity index (χ3v) is 1.83. The molecule has 0 aliphatic heterocycles. The first-order chi connectivity index (χ1) is 7.68. The summed E-state index contributed by atoms with van der Waals surface area (Å²) in [6, 6.07) is 5.74. The first-order valence-corrected chi connectivity index (χ1v) is 5.71. The third kappa shape index (κ3) is 6.74. The van der Waals surface area contributed by atoms with Crippen LogP contribution in [0.1, 0.15) is 6.92 Å². The summed E-state index contributed by atoms with van der Waals surface area (Å²) in [6.45, 7) is 2.67. The van der Waals surface area contributed by atoms with E-state index < -0.39 is 15.6 Å². The maximum Gasteiger partial charge on any atom is 0.485 e. The van der Waals surface area contributed by atoms with Gasteiger partial charge in [0.2, 0.25) is 0 Å². The van der Waals surface area contributed by atoms with Crippen LogP contribution in [-0.2, 0) is 10.1 Å². The van der Waals surface area contributed by atoms with Crippen molar-refractivity contribution in [1.29, 1.82) is 0 Å². The highest BCUT2D eigenvalue weighted by molar-refractivity contribution is 7.86. The number of pyridine rings is 1. The number of nitrogens with one attached hydrogen (secondary N) is 1. The fourth-order valence-electron chi connectivity index (χ4n) is 0.622. The highest BCUT2D eigenvalue weighted by Gasteiger charge is 2.36. The van der Waals surface area contributed by atoms with E-state index in [2.05, 4.69) is 4.98 Å². The van der Waals surface area contributed by atoms with Crippen LogP contribution in [0.25, 0.3) is 0 Å². The lowest BCUT2D eigenvalue weighted by Crippen LogP contribution is -2.21. The van der Waals surface area contributed by atoms with E-state index in [1.807, 2.05) is 31.3 Å². The maximum absolute atomic E-state index is 10.7. The summed E-state index contributed by atoms with van der Waals surface area (Å²) in [5.41, 5.74) is -5.65.